The summed E-state index contributed by atoms with van der Waals surface area (Å²) in [6.07, 6.45) is 0. The van der Waals surface area contributed by atoms with Crippen LogP contribution in [0.2, 0.25) is 0 Å². The van der Waals surface area contributed by atoms with E-state index in [1.54, 1.807) is 6.07 Å². The summed E-state index contributed by atoms with van der Waals surface area (Å²) < 4.78 is 42.9. The van der Waals surface area contributed by atoms with Crippen LogP contribution < -0.4 is 9.47 Å². The summed E-state index contributed by atoms with van der Waals surface area (Å²) in [6, 6.07) is 13.9. The van der Waals surface area contributed by atoms with Gasteiger partial charge in [-0.15, -0.1) is 0 Å². The molecule has 27 heavy (non-hydrogen) atoms. The molecule has 8 nitrogen and oxygen atoms in total. The summed E-state index contributed by atoms with van der Waals surface area (Å²) in [4.78, 5) is 4.38. The fourth-order valence-electron chi connectivity index (χ4n) is 2.66. The third kappa shape index (κ3) is 3.51. The highest BCUT2D eigenvalue weighted by molar-refractivity contribution is 7.89. The molecule has 2 heterocycles. The van der Waals surface area contributed by atoms with Crippen molar-refractivity contribution in [3.63, 3.8) is 0 Å². The quantitative estimate of drug-likeness (QED) is 0.663. The fraction of sp³-hybridized carbons (Fsp3) is 0.222. The van der Waals surface area contributed by atoms with Gasteiger partial charge >= 0.3 is 0 Å². The zero-order valence-corrected chi connectivity index (χ0v) is 15.3. The number of rotatable bonds is 5. The molecule has 0 atom stereocenters. The first-order chi connectivity index (χ1) is 13.0. The Morgan fingerprint density at radius 2 is 1.78 bits per heavy atom. The smallest absolute Gasteiger partial charge is 0.243 e. The molecule has 9 heteroatoms. The Bertz CT molecular complexity index is 1050. The Hall–Kier alpha value is -2.91. The molecule has 0 amide bonds. The van der Waals surface area contributed by atoms with Gasteiger partial charge in [0.15, 0.2) is 11.5 Å². The highest BCUT2D eigenvalue weighted by Gasteiger charge is 2.25. The molecule has 140 valence electrons. The van der Waals surface area contributed by atoms with Crippen molar-refractivity contribution in [3.8, 4) is 22.9 Å². The standard InChI is InChI=1S/C18H17N3O5S/c1-21(12-17-19-18(20-26-17)13-5-3-2-4-6-13)27(22,23)14-7-8-15-16(11-14)25-10-9-24-15/h2-8,11H,9-10,12H2,1H3. The molecule has 0 radical (unpaired) electrons. The summed E-state index contributed by atoms with van der Waals surface area (Å²) in [5, 5.41) is 3.91. The van der Waals surface area contributed by atoms with E-state index in [1.807, 2.05) is 30.3 Å². The minimum Gasteiger partial charge on any atom is -0.486 e. The van der Waals surface area contributed by atoms with E-state index in [0.29, 0.717) is 30.5 Å². The molecule has 1 aromatic heterocycles. The van der Waals surface area contributed by atoms with Crippen molar-refractivity contribution in [2.75, 3.05) is 20.3 Å². The molecule has 4 rings (SSSR count). The minimum atomic E-state index is -3.76. The lowest BCUT2D eigenvalue weighted by atomic mass is 10.2. The first-order valence-corrected chi connectivity index (χ1v) is 9.72. The van der Waals surface area contributed by atoms with Gasteiger partial charge in [0.25, 0.3) is 0 Å². The van der Waals surface area contributed by atoms with Crippen LogP contribution in [0.3, 0.4) is 0 Å². The second-order valence-electron chi connectivity index (χ2n) is 5.94. The van der Waals surface area contributed by atoms with E-state index in [1.165, 1.54) is 19.2 Å². The zero-order valence-electron chi connectivity index (χ0n) is 14.5. The first-order valence-electron chi connectivity index (χ1n) is 8.28. The lowest BCUT2D eigenvalue weighted by Crippen LogP contribution is -2.27. The van der Waals surface area contributed by atoms with Crippen molar-refractivity contribution >= 4 is 10.0 Å². The van der Waals surface area contributed by atoms with Crippen LogP contribution in [0.1, 0.15) is 5.89 Å². The Morgan fingerprint density at radius 3 is 2.56 bits per heavy atom. The van der Waals surface area contributed by atoms with Crippen LogP contribution in [0.5, 0.6) is 11.5 Å². The van der Waals surface area contributed by atoms with E-state index in [2.05, 4.69) is 10.1 Å². The van der Waals surface area contributed by atoms with Crippen molar-refractivity contribution in [2.45, 2.75) is 11.4 Å². The molecule has 0 spiro atoms. The van der Waals surface area contributed by atoms with Crippen molar-refractivity contribution in [1.82, 2.24) is 14.4 Å². The Balaban J connectivity index is 1.54. The van der Waals surface area contributed by atoms with Crippen molar-refractivity contribution < 1.29 is 22.4 Å². The zero-order chi connectivity index (χ0) is 18.9. The van der Waals surface area contributed by atoms with E-state index in [4.69, 9.17) is 14.0 Å². The molecular formula is C18H17N3O5S. The fourth-order valence-corrected chi connectivity index (χ4v) is 3.80. The van der Waals surface area contributed by atoms with Gasteiger partial charge in [0.1, 0.15) is 13.2 Å². The largest absolute Gasteiger partial charge is 0.486 e. The van der Waals surface area contributed by atoms with Gasteiger partial charge in [-0.2, -0.15) is 9.29 Å². The lowest BCUT2D eigenvalue weighted by Gasteiger charge is -2.20. The van der Waals surface area contributed by atoms with Crippen LogP contribution in [0.4, 0.5) is 0 Å². The maximum atomic E-state index is 12.8. The average Bonchev–Trinajstić information content (AvgIpc) is 3.16. The predicted octanol–water partition coefficient (Wildman–Crippen LogP) is 2.33. The molecular weight excluding hydrogens is 370 g/mol. The summed E-state index contributed by atoms with van der Waals surface area (Å²) in [5.41, 5.74) is 0.796. The number of hydrogen-bond acceptors (Lipinski definition) is 7. The Kier molecular flexibility index (Phi) is 4.54. The molecule has 1 aliphatic rings. The lowest BCUT2D eigenvalue weighted by molar-refractivity contribution is 0.171. The third-order valence-corrected chi connectivity index (χ3v) is 5.88. The number of sulfonamides is 1. The molecule has 0 saturated carbocycles. The van der Waals surface area contributed by atoms with Gasteiger partial charge < -0.3 is 14.0 Å². The molecule has 0 saturated heterocycles. The van der Waals surface area contributed by atoms with E-state index < -0.39 is 10.0 Å². The van der Waals surface area contributed by atoms with E-state index in [0.717, 1.165) is 9.87 Å². The van der Waals surface area contributed by atoms with Gasteiger partial charge in [0.05, 0.1) is 11.4 Å². The maximum Gasteiger partial charge on any atom is 0.243 e. The van der Waals surface area contributed by atoms with Gasteiger partial charge in [-0.05, 0) is 12.1 Å². The van der Waals surface area contributed by atoms with Crippen molar-refractivity contribution in [3.05, 3.63) is 54.4 Å². The van der Waals surface area contributed by atoms with Crippen LogP contribution in [0.15, 0.2) is 57.9 Å². The van der Waals surface area contributed by atoms with Gasteiger partial charge in [0, 0.05) is 18.7 Å². The predicted molar refractivity (Wildman–Crippen MR) is 95.8 cm³/mol. The van der Waals surface area contributed by atoms with Gasteiger partial charge in [0.2, 0.25) is 21.7 Å². The van der Waals surface area contributed by atoms with Crippen LogP contribution >= 0.6 is 0 Å². The van der Waals surface area contributed by atoms with Gasteiger partial charge in [-0.25, -0.2) is 8.42 Å². The molecule has 0 N–H and O–H groups in total. The Morgan fingerprint density at radius 1 is 1.04 bits per heavy atom. The number of hydrogen-bond donors (Lipinski definition) is 0. The highest BCUT2D eigenvalue weighted by Crippen LogP contribution is 2.33. The number of benzene rings is 2. The summed E-state index contributed by atoms with van der Waals surface area (Å²) in [7, 11) is -2.30. The Labute approximate surface area is 156 Å². The molecule has 0 fully saturated rings. The molecule has 3 aromatic rings. The van der Waals surface area contributed by atoms with E-state index in [9.17, 15) is 8.42 Å². The summed E-state index contributed by atoms with van der Waals surface area (Å²) in [5.74, 6) is 1.57. The summed E-state index contributed by atoms with van der Waals surface area (Å²) >= 11 is 0. The second-order valence-corrected chi connectivity index (χ2v) is 7.99. The minimum absolute atomic E-state index is 0.0450. The second kappa shape index (κ2) is 7.01. The van der Waals surface area contributed by atoms with Crippen molar-refractivity contribution in [2.24, 2.45) is 0 Å². The number of fused-ring (bicyclic) bond motifs is 1. The molecule has 2 aromatic carbocycles. The monoisotopic (exact) mass is 387 g/mol. The van der Waals surface area contributed by atoms with E-state index in [-0.39, 0.29) is 17.3 Å². The van der Waals surface area contributed by atoms with Crippen LogP contribution in [0, 0.1) is 0 Å². The summed E-state index contributed by atoms with van der Waals surface area (Å²) in [6.45, 7) is 0.785. The van der Waals surface area contributed by atoms with Crippen LogP contribution in [-0.2, 0) is 16.6 Å². The molecule has 0 aliphatic carbocycles. The molecule has 0 unspecified atom stereocenters. The van der Waals surface area contributed by atoms with Crippen LogP contribution in [0.25, 0.3) is 11.4 Å². The number of nitrogens with zero attached hydrogens (tertiary/aromatic N) is 3. The average molecular weight is 387 g/mol. The first kappa shape index (κ1) is 17.5. The number of ether oxygens (including phenoxy) is 2. The maximum absolute atomic E-state index is 12.8. The number of aromatic nitrogens is 2. The topological polar surface area (TPSA) is 94.8 Å². The van der Waals surface area contributed by atoms with Gasteiger partial charge in [-0.1, -0.05) is 35.5 Å². The highest BCUT2D eigenvalue weighted by atomic mass is 32.2. The molecule has 1 aliphatic heterocycles. The van der Waals surface area contributed by atoms with E-state index >= 15 is 0 Å². The SMILES string of the molecule is CN(Cc1nc(-c2ccccc2)no1)S(=O)(=O)c1ccc2c(c1)OCCO2. The molecule has 0 bridgehead atoms. The normalized spacial score (nSPS) is 13.7. The third-order valence-electron chi connectivity index (χ3n) is 4.08. The van der Waals surface area contributed by atoms with Crippen LogP contribution in [-0.4, -0.2) is 43.1 Å². The van der Waals surface area contributed by atoms with Crippen molar-refractivity contribution in [1.29, 1.82) is 0 Å². The van der Waals surface area contributed by atoms with Gasteiger partial charge in [-0.3, -0.25) is 0 Å².